The standard InChI is InChI=1S/C14H11BrO/c1-9-5-6-14(16-9)11-7-10-3-2-4-13(15)12(10)8-11/h2-7H,8H2,1H3. The predicted molar refractivity (Wildman–Crippen MR) is 69.2 cm³/mol. The van der Waals surface area contributed by atoms with Crippen molar-refractivity contribution in [3.05, 3.63) is 57.5 Å². The van der Waals surface area contributed by atoms with Crippen molar-refractivity contribution in [1.29, 1.82) is 0 Å². The van der Waals surface area contributed by atoms with Gasteiger partial charge in [-0.1, -0.05) is 28.1 Å². The molecule has 2 heteroatoms. The Morgan fingerprint density at radius 3 is 2.75 bits per heavy atom. The van der Waals surface area contributed by atoms with Gasteiger partial charge in [0.25, 0.3) is 0 Å². The van der Waals surface area contributed by atoms with E-state index in [-0.39, 0.29) is 0 Å². The summed E-state index contributed by atoms with van der Waals surface area (Å²) in [5, 5.41) is 0. The average Bonchev–Trinajstić information content (AvgIpc) is 2.84. The average molecular weight is 275 g/mol. The predicted octanol–water partition coefficient (Wildman–Crippen LogP) is 4.45. The highest BCUT2D eigenvalue weighted by atomic mass is 79.9. The number of aryl methyl sites for hydroxylation is 1. The maximum Gasteiger partial charge on any atom is 0.130 e. The summed E-state index contributed by atoms with van der Waals surface area (Å²) in [5.41, 5.74) is 3.90. The molecule has 0 saturated carbocycles. The minimum Gasteiger partial charge on any atom is -0.462 e. The number of halogens is 1. The lowest BCUT2D eigenvalue weighted by atomic mass is 10.1. The first kappa shape index (κ1) is 9.91. The number of fused-ring (bicyclic) bond motifs is 1. The van der Waals surface area contributed by atoms with Crippen LogP contribution in [0.1, 0.15) is 22.6 Å². The summed E-state index contributed by atoms with van der Waals surface area (Å²) in [6, 6.07) is 10.3. The van der Waals surface area contributed by atoms with Gasteiger partial charge < -0.3 is 4.42 Å². The monoisotopic (exact) mass is 274 g/mol. The molecule has 0 radical (unpaired) electrons. The van der Waals surface area contributed by atoms with Crippen LogP contribution in [0.25, 0.3) is 11.6 Å². The zero-order valence-electron chi connectivity index (χ0n) is 8.96. The molecule has 1 heterocycles. The van der Waals surface area contributed by atoms with E-state index in [1.807, 2.05) is 19.1 Å². The van der Waals surface area contributed by atoms with Crippen LogP contribution in [0.4, 0.5) is 0 Å². The van der Waals surface area contributed by atoms with E-state index in [1.165, 1.54) is 21.2 Å². The van der Waals surface area contributed by atoms with E-state index in [0.29, 0.717) is 0 Å². The first-order chi connectivity index (χ1) is 7.74. The summed E-state index contributed by atoms with van der Waals surface area (Å²) in [6.07, 6.45) is 3.15. The van der Waals surface area contributed by atoms with Gasteiger partial charge in [0, 0.05) is 10.9 Å². The van der Waals surface area contributed by atoms with Crippen molar-refractivity contribution in [1.82, 2.24) is 0 Å². The third-order valence-corrected chi connectivity index (χ3v) is 3.65. The zero-order chi connectivity index (χ0) is 11.1. The van der Waals surface area contributed by atoms with E-state index in [2.05, 4.69) is 40.2 Å². The first-order valence-corrected chi connectivity index (χ1v) is 6.08. The first-order valence-electron chi connectivity index (χ1n) is 5.29. The molecule has 2 aromatic rings. The maximum atomic E-state index is 5.65. The van der Waals surface area contributed by atoms with Crippen molar-refractivity contribution in [2.24, 2.45) is 0 Å². The van der Waals surface area contributed by atoms with E-state index in [9.17, 15) is 0 Å². The molecule has 0 amide bonds. The number of rotatable bonds is 1. The van der Waals surface area contributed by atoms with Crippen LogP contribution in [0.5, 0.6) is 0 Å². The minimum absolute atomic E-state index is 0.948. The molecule has 3 rings (SSSR count). The summed E-state index contributed by atoms with van der Waals surface area (Å²) >= 11 is 3.59. The van der Waals surface area contributed by atoms with Crippen molar-refractivity contribution in [2.45, 2.75) is 13.3 Å². The van der Waals surface area contributed by atoms with Gasteiger partial charge >= 0.3 is 0 Å². The number of hydrogen-bond acceptors (Lipinski definition) is 1. The fourth-order valence-electron chi connectivity index (χ4n) is 2.09. The molecule has 0 spiro atoms. The Balaban J connectivity index is 2.03. The highest BCUT2D eigenvalue weighted by Crippen LogP contribution is 2.35. The van der Waals surface area contributed by atoms with Crippen molar-refractivity contribution in [3.8, 4) is 0 Å². The molecule has 16 heavy (non-hydrogen) atoms. The number of benzene rings is 1. The number of allylic oxidation sites excluding steroid dienone is 1. The van der Waals surface area contributed by atoms with Crippen LogP contribution in [0.3, 0.4) is 0 Å². The molecule has 0 N–H and O–H groups in total. The van der Waals surface area contributed by atoms with Gasteiger partial charge in [-0.25, -0.2) is 0 Å². The van der Waals surface area contributed by atoms with Gasteiger partial charge in [-0.2, -0.15) is 0 Å². The van der Waals surface area contributed by atoms with Crippen LogP contribution in [0.2, 0.25) is 0 Å². The van der Waals surface area contributed by atoms with Crippen molar-refractivity contribution >= 4 is 27.6 Å². The quantitative estimate of drug-likeness (QED) is 0.749. The molecule has 1 nitrogen and oxygen atoms in total. The minimum atomic E-state index is 0.948. The summed E-state index contributed by atoms with van der Waals surface area (Å²) < 4.78 is 6.84. The summed E-state index contributed by atoms with van der Waals surface area (Å²) in [7, 11) is 0. The molecule has 0 unspecified atom stereocenters. The number of furan rings is 1. The van der Waals surface area contributed by atoms with Gasteiger partial charge in [-0.3, -0.25) is 0 Å². The maximum absolute atomic E-state index is 5.65. The lowest BCUT2D eigenvalue weighted by Crippen LogP contribution is -1.85. The smallest absolute Gasteiger partial charge is 0.130 e. The fraction of sp³-hybridized carbons (Fsp3) is 0.143. The van der Waals surface area contributed by atoms with Crippen LogP contribution >= 0.6 is 15.9 Å². The van der Waals surface area contributed by atoms with Crippen LogP contribution in [0, 0.1) is 6.92 Å². The summed E-state index contributed by atoms with van der Waals surface area (Å²) in [4.78, 5) is 0. The fourth-order valence-corrected chi connectivity index (χ4v) is 2.61. The van der Waals surface area contributed by atoms with Crippen LogP contribution in [-0.2, 0) is 6.42 Å². The van der Waals surface area contributed by atoms with Gasteiger partial charge in [0.15, 0.2) is 0 Å². The largest absolute Gasteiger partial charge is 0.462 e. The van der Waals surface area contributed by atoms with Crippen molar-refractivity contribution in [2.75, 3.05) is 0 Å². The SMILES string of the molecule is Cc1ccc(C2=Cc3cccc(Br)c3C2)o1. The molecule has 0 atom stereocenters. The lowest BCUT2D eigenvalue weighted by molar-refractivity contribution is 0.520. The number of hydrogen-bond donors (Lipinski definition) is 0. The van der Waals surface area contributed by atoms with Gasteiger partial charge in [-0.15, -0.1) is 0 Å². The Bertz CT molecular complexity index is 578. The topological polar surface area (TPSA) is 13.1 Å². The van der Waals surface area contributed by atoms with Crippen LogP contribution in [0.15, 0.2) is 39.2 Å². The molecule has 1 aliphatic rings. The van der Waals surface area contributed by atoms with E-state index >= 15 is 0 Å². The lowest BCUT2D eigenvalue weighted by Gasteiger charge is -2.01. The molecule has 1 aliphatic carbocycles. The molecule has 80 valence electrons. The normalized spacial score (nSPS) is 13.8. The van der Waals surface area contributed by atoms with E-state index in [4.69, 9.17) is 4.42 Å². The van der Waals surface area contributed by atoms with E-state index < -0.39 is 0 Å². The Morgan fingerprint density at radius 1 is 1.19 bits per heavy atom. The Kier molecular flexibility index (Phi) is 2.25. The van der Waals surface area contributed by atoms with Crippen LogP contribution < -0.4 is 0 Å². The molecular weight excluding hydrogens is 264 g/mol. The van der Waals surface area contributed by atoms with Gasteiger partial charge in [-0.05, 0) is 47.9 Å². The molecule has 0 fully saturated rings. The van der Waals surface area contributed by atoms with E-state index in [1.54, 1.807) is 0 Å². The third kappa shape index (κ3) is 1.54. The summed E-state index contributed by atoms with van der Waals surface area (Å²) in [5.74, 6) is 1.95. The second kappa shape index (κ2) is 3.63. The van der Waals surface area contributed by atoms with Gasteiger partial charge in [0.05, 0.1) is 0 Å². The van der Waals surface area contributed by atoms with Gasteiger partial charge in [0.1, 0.15) is 11.5 Å². The molecule has 0 bridgehead atoms. The molecule has 1 aromatic carbocycles. The Hall–Kier alpha value is -1.28. The Labute approximate surface area is 103 Å². The summed E-state index contributed by atoms with van der Waals surface area (Å²) in [6.45, 7) is 1.97. The van der Waals surface area contributed by atoms with E-state index in [0.717, 1.165) is 17.9 Å². The molecular formula is C14H11BrO. The van der Waals surface area contributed by atoms with Crippen molar-refractivity contribution < 1.29 is 4.42 Å². The molecule has 1 aromatic heterocycles. The second-order valence-electron chi connectivity index (χ2n) is 4.06. The highest BCUT2D eigenvalue weighted by molar-refractivity contribution is 9.10. The molecule has 0 aliphatic heterocycles. The second-order valence-corrected chi connectivity index (χ2v) is 4.92. The van der Waals surface area contributed by atoms with Crippen molar-refractivity contribution in [3.63, 3.8) is 0 Å². The Morgan fingerprint density at radius 2 is 2.06 bits per heavy atom. The zero-order valence-corrected chi connectivity index (χ0v) is 10.5. The third-order valence-electron chi connectivity index (χ3n) is 2.91. The van der Waals surface area contributed by atoms with Crippen LogP contribution in [-0.4, -0.2) is 0 Å². The highest BCUT2D eigenvalue weighted by Gasteiger charge is 2.18. The molecule has 0 saturated heterocycles. The van der Waals surface area contributed by atoms with Gasteiger partial charge in [0.2, 0.25) is 0 Å².